The van der Waals surface area contributed by atoms with Crippen LogP contribution in [0.3, 0.4) is 0 Å². The number of hydrogen-bond acceptors (Lipinski definition) is 6. The van der Waals surface area contributed by atoms with E-state index in [1.165, 1.54) is 25.3 Å². The number of phenols is 1. The maximum absolute atomic E-state index is 11.5. The lowest BCUT2D eigenvalue weighted by molar-refractivity contribution is 0.0601. The van der Waals surface area contributed by atoms with Crippen LogP contribution in [0.15, 0.2) is 29.2 Å². The Morgan fingerprint density at radius 1 is 1.25 bits per heavy atom. The van der Waals surface area contributed by atoms with Crippen LogP contribution in [0.2, 0.25) is 0 Å². The first-order chi connectivity index (χ1) is 9.25. The van der Waals surface area contributed by atoms with E-state index in [0.29, 0.717) is 0 Å². The molecule has 0 fully saturated rings. The van der Waals surface area contributed by atoms with Gasteiger partial charge in [0.05, 0.1) is 18.4 Å². The van der Waals surface area contributed by atoms with Crippen LogP contribution in [0.1, 0.15) is 10.4 Å². The van der Waals surface area contributed by atoms with Crippen molar-refractivity contribution in [3.63, 3.8) is 0 Å². The molecule has 0 heterocycles. The Balaban J connectivity index is 2.92. The van der Waals surface area contributed by atoms with Crippen LogP contribution in [0, 0.1) is 0 Å². The normalized spacial score (nSPS) is 11.5. The molecule has 0 unspecified atom stereocenters. The fourth-order valence-corrected chi connectivity index (χ4v) is 2.57. The molecule has 106 valence electrons. The number of rotatable bonds is 2. The molecule has 2 aromatic rings. The summed E-state index contributed by atoms with van der Waals surface area (Å²) in [5.74, 6) is -1.14. The molecule has 20 heavy (non-hydrogen) atoms. The highest BCUT2D eigenvalue weighted by molar-refractivity contribution is 7.86. The molecule has 0 saturated heterocycles. The number of methoxy groups -OCH3 is 1. The number of anilines is 1. The minimum atomic E-state index is -4.59. The highest BCUT2D eigenvalue weighted by atomic mass is 32.2. The predicted molar refractivity (Wildman–Crippen MR) is 71.2 cm³/mol. The molecule has 4 N–H and O–H groups in total. The Bertz CT molecular complexity index is 812. The molecular formula is C12H11NO6S. The maximum atomic E-state index is 11.5. The second-order valence-corrected chi connectivity index (χ2v) is 5.42. The van der Waals surface area contributed by atoms with Crippen molar-refractivity contribution in [2.45, 2.75) is 4.90 Å². The van der Waals surface area contributed by atoms with Crippen LogP contribution in [-0.4, -0.2) is 31.2 Å². The first kappa shape index (κ1) is 14.1. The molecular weight excluding hydrogens is 286 g/mol. The number of ether oxygens (including phenoxy) is 1. The Kier molecular flexibility index (Phi) is 3.28. The van der Waals surface area contributed by atoms with Gasteiger partial charge in [-0.3, -0.25) is 4.55 Å². The third kappa shape index (κ3) is 2.26. The summed E-state index contributed by atoms with van der Waals surface area (Å²) in [5.41, 5.74) is 5.69. The number of esters is 1. The minimum absolute atomic E-state index is 0.0192. The zero-order valence-corrected chi connectivity index (χ0v) is 11.1. The molecule has 7 nitrogen and oxygen atoms in total. The summed E-state index contributed by atoms with van der Waals surface area (Å²) in [6, 6.07) is 4.79. The van der Waals surface area contributed by atoms with Gasteiger partial charge in [-0.1, -0.05) is 6.07 Å². The van der Waals surface area contributed by atoms with Gasteiger partial charge in [-0.2, -0.15) is 8.42 Å². The molecule has 0 amide bonds. The standard InChI is InChI=1S/C12H11NO6S/c1-19-12(15)6-2-3-7-8(4-6)10(20(16,17)18)5-9(14)11(7)13/h2-5,14H,13H2,1H3,(H,16,17,18). The van der Waals surface area contributed by atoms with Crippen LogP contribution < -0.4 is 5.73 Å². The third-order valence-corrected chi connectivity index (χ3v) is 3.71. The maximum Gasteiger partial charge on any atom is 0.337 e. The van der Waals surface area contributed by atoms with Crippen molar-refractivity contribution >= 4 is 32.5 Å². The molecule has 0 spiro atoms. The van der Waals surface area contributed by atoms with Gasteiger partial charge in [-0.15, -0.1) is 0 Å². The van der Waals surface area contributed by atoms with Gasteiger partial charge in [0.15, 0.2) is 0 Å². The average molecular weight is 297 g/mol. The van der Waals surface area contributed by atoms with E-state index in [1.807, 2.05) is 0 Å². The van der Waals surface area contributed by atoms with E-state index >= 15 is 0 Å². The largest absolute Gasteiger partial charge is 0.506 e. The Hall–Kier alpha value is -2.32. The van der Waals surface area contributed by atoms with E-state index in [0.717, 1.165) is 6.07 Å². The summed E-state index contributed by atoms with van der Waals surface area (Å²) in [5, 5.41) is 9.81. The smallest absolute Gasteiger partial charge is 0.337 e. The Morgan fingerprint density at radius 2 is 1.90 bits per heavy atom. The van der Waals surface area contributed by atoms with Gasteiger partial charge >= 0.3 is 5.97 Å². The van der Waals surface area contributed by atoms with E-state index in [9.17, 15) is 22.9 Å². The number of nitrogens with two attached hydrogens (primary N) is 1. The number of carbonyl (C=O) groups excluding carboxylic acids is 1. The number of aromatic hydroxyl groups is 1. The summed E-state index contributed by atoms with van der Waals surface area (Å²) in [7, 11) is -3.40. The van der Waals surface area contributed by atoms with E-state index in [-0.39, 0.29) is 22.0 Å². The van der Waals surface area contributed by atoms with Crippen LogP contribution in [-0.2, 0) is 14.9 Å². The molecule has 0 saturated carbocycles. The number of benzene rings is 2. The summed E-state index contributed by atoms with van der Waals surface area (Å²) in [4.78, 5) is 10.9. The third-order valence-electron chi connectivity index (χ3n) is 2.82. The van der Waals surface area contributed by atoms with E-state index in [4.69, 9.17) is 5.73 Å². The monoisotopic (exact) mass is 297 g/mol. The summed E-state index contributed by atoms with van der Waals surface area (Å²) in [6.45, 7) is 0. The number of hydrogen-bond donors (Lipinski definition) is 3. The molecule has 0 aliphatic heterocycles. The summed E-state index contributed by atoms with van der Waals surface area (Å²) in [6.07, 6.45) is 0. The molecule has 0 aliphatic carbocycles. The number of carbonyl (C=O) groups is 1. The van der Waals surface area contributed by atoms with Crippen molar-refractivity contribution in [3.8, 4) is 5.75 Å². The molecule has 0 aromatic heterocycles. The lowest BCUT2D eigenvalue weighted by Gasteiger charge is -2.10. The van der Waals surface area contributed by atoms with Gasteiger partial charge in [-0.25, -0.2) is 4.79 Å². The number of phenolic OH excluding ortho intramolecular Hbond substituents is 1. The van der Waals surface area contributed by atoms with Crippen LogP contribution in [0.25, 0.3) is 10.8 Å². The second kappa shape index (κ2) is 4.66. The SMILES string of the molecule is COC(=O)c1ccc2c(N)c(O)cc(S(=O)(=O)O)c2c1. The number of nitrogen functional groups attached to an aromatic ring is 1. The number of fused-ring (bicyclic) bond motifs is 1. The van der Waals surface area contributed by atoms with Gasteiger partial charge in [0.1, 0.15) is 10.6 Å². The van der Waals surface area contributed by atoms with Crippen molar-refractivity contribution in [2.75, 3.05) is 12.8 Å². The quantitative estimate of drug-likeness (QED) is 0.328. The highest BCUT2D eigenvalue weighted by Crippen LogP contribution is 2.35. The molecule has 2 aromatic carbocycles. The van der Waals surface area contributed by atoms with E-state index in [2.05, 4.69) is 4.74 Å². The van der Waals surface area contributed by atoms with Gasteiger partial charge in [0.2, 0.25) is 0 Å². The van der Waals surface area contributed by atoms with Crippen molar-refractivity contribution < 1.29 is 27.6 Å². The van der Waals surface area contributed by atoms with Crippen molar-refractivity contribution in [3.05, 3.63) is 29.8 Å². The fourth-order valence-electron chi connectivity index (χ4n) is 1.86. The van der Waals surface area contributed by atoms with E-state index < -0.39 is 26.7 Å². The minimum Gasteiger partial charge on any atom is -0.506 e. The van der Waals surface area contributed by atoms with Gasteiger partial charge in [-0.05, 0) is 12.1 Å². The first-order valence-electron chi connectivity index (χ1n) is 5.36. The van der Waals surface area contributed by atoms with Crippen LogP contribution in [0.5, 0.6) is 5.75 Å². The zero-order valence-electron chi connectivity index (χ0n) is 10.3. The van der Waals surface area contributed by atoms with Gasteiger partial charge in [0.25, 0.3) is 10.1 Å². The van der Waals surface area contributed by atoms with Gasteiger partial charge in [0, 0.05) is 16.8 Å². The molecule has 0 radical (unpaired) electrons. The molecule has 0 bridgehead atoms. The highest BCUT2D eigenvalue weighted by Gasteiger charge is 2.20. The van der Waals surface area contributed by atoms with Crippen LogP contribution in [0.4, 0.5) is 5.69 Å². The van der Waals surface area contributed by atoms with Crippen molar-refractivity contribution in [1.29, 1.82) is 0 Å². The molecule has 8 heteroatoms. The Morgan fingerprint density at radius 3 is 2.45 bits per heavy atom. The van der Waals surface area contributed by atoms with E-state index in [1.54, 1.807) is 0 Å². The van der Waals surface area contributed by atoms with Crippen molar-refractivity contribution in [2.24, 2.45) is 0 Å². The summed E-state index contributed by atoms with van der Waals surface area (Å²) < 4.78 is 36.4. The lowest BCUT2D eigenvalue weighted by atomic mass is 10.0. The molecule has 0 aliphatic rings. The Labute approximate surface area is 114 Å². The lowest BCUT2D eigenvalue weighted by Crippen LogP contribution is -2.04. The summed E-state index contributed by atoms with van der Waals surface area (Å²) >= 11 is 0. The second-order valence-electron chi connectivity index (χ2n) is 4.03. The first-order valence-corrected chi connectivity index (χ1v) is 6.80. The molecule has 0 atom stereocenters. The van der Waals surface area contributed by atoms with Crippen LogP contribution >= 0.6 is 0 Å². The molecule has 2 rings (SSSR count). The predicted octanol–water partition coefficient (Wildman–Crippen LogP) is 1.16. The van der Waals surface area contributed by atoms with Gasteiger partial charge < -0.3 is 15.6 Å². The topological polar surface area (TPSA) is 127 Å². The van der Waals surface area contributed by atoms with Crippen molar-refractivity contribution in [1.82, 2.24) is 0 Å². The average Bonchev–Trinajstić information content (AvgIpc) is 2.40. The zero-order chi connectivity index (χ0) is 15.1. The fraction of sp³-hybridized carbons (Fsp3) is 0.0833.